The highest BCUT2D eigenvalue weighted by molar-refractivity contribution is 5.82. The molecular formula is C13H16NO4+. The van der Waals surface area contributed by atoms with Crippen LogP contribution in [0.5, 0.6) is 5.75 Å². The van der Waals surface area contributed by atoms with Crippen LogP contribution in [-0.4, -0.2) is 32.7 Å². The number of aromatic hydroxyl groups is 1. The van der Waals surface area contributed by atoms with Crippen LogP contribution in [0.15, 0.2) is 24.3 Å². The summed E-state index contributed by atoms with van der Waals surface area (Å²) < 4.78 is -0.614. The Morgan fingerprint density at radius 2 is 2.11 bits per heavy atom. The van der Waals surface area contributed by atoms with Crippen LogP contribution in [0.2, 0.25) is 0 Å². The molecule has 2 N–H and O–H groups in total. The summed E-state index contributed by atoms with van der Waals surface area (Å²) in [5.41, 5.74) is 0.488. The molecule has 1 unspecified atom stereocenters. The average Bonchev–Trinajstić information content (AvgIpc) is 2.61. The molecule has 0 aromatic heterocycles. The van der Waals surface area contributed by atoms with Crippen LogP contribution in [0.1, 0.15) is 25.3 Å². The normalized spacial score (nSPS) is 27.4. The number of benzene rings is 1. The van der Waals surface area contributed by atoms with Crippen molar-refractivity contribution in [2.45, 2.75) is 32.4 Å². The molecule has 1 aromatic rings. The van der Waals surface area contributed by atoms with Crippen molar-refractivity contribution < 1.29 is 24.3 Å². The van der Waals surface area contributed by atoms with E-state index in [1.165, 1.54) is 6.07 Å². The summed E-state index contributed by atoms with van der Waals surface area (Å²) in [5, 5.41) is 19.2. The number of hydrogen-bond donors (Lipinski definition) is 2. The number of carbonyl (C=O) groups is 2. The zero-order valence-corrected chi connectivity index (χ0v) is 10.2. The number of carbonyl (C=O) groups excluding carboxylic acids is 1. The molecule has 1 aliphatic heterocycles. The number of phenols is 1. The maximum Gasteiger partial charge on any atom is 0.521 e. The summed E-state index contributed by atoms with van der Waals surface area (Å²) in [5.74, 6) is -0.263. The minimum Gasteiger partial charge on any atom is -0.507 e. The summed E-state index contributed by atoms with van der Waals surface area (Å²) in [7, 11) is 0. The maximum atomic E-state index is 12.0. The van der Waals surface area contributed by atoms with Crippen LogP contribution in [0.4, 0.5) is 4.79 Å². The number of phenolic OH excluding ortho intramolecular Hbond substituents is 1. The lowest BCUT2D eigenvalue weighted by Gasteiger charge is -2.30. The van der Waals surface area contributed by atoms with Crippen LogP contribution < -0.4 is 0 Å². The number of imide groups is 1. The fourth-order valence-corrected chi connectivity index (χ4v) is 2.52. The van der Waals surface area contributed by atoms with E-state index in [9.17, 15) is 19.8 Å². The third-order valence-corrected chi connectivity index (χ3v) is 3.73. The largest absolute Gasteiger partial charge is 0.521 e. The summed E-state index contributed by atoms with van der Waals surface area (Å²) in [6.45, 7) is 1.76. The first-order valence-electron chi connectivity index (χ1n) is 5.90. The molecule has 0 saturated carbocycles. The van der Waals surface area contributed by atoms with Crippen molar-refractivity contribution >= 4 is 12.0 Å². The Kier molecular flexibility index (Phi) is 3.09. The highest BCUT2D eigenvalue weighted by Gasteiger charge is 2.54. The molecule has 0 radical (unpaired) electrons. The molecule has 5 heteroatoms. The van der Waals surface area contributed by atoms with Crippen molar-refractivity contribution in [2.75, 3.05) is 0 Å². The average molecular weight is 250 g/mol. The summed E-state index contributed by atoms with van der Waals surface area (Å²) in [6.07, 6.45) is -0.298. The first-order valence-corrected chi connectivity index (χ1v) is 5.90. The smallest absolute Gasteiger partial charge is 0.507 e. The van der Waals surface area contributed by atoms with E-state index >= 15 is 0 Å². The highest BCUT2D eigenvalue weighted by Crippen LogP contribution is 2.33. The van der Waals surface area contributed by atoms with Crippen LogP contribution in [0.25, 0.3) is 0 Å². The third kappa shape index (κ3) is 1.76. The van der Waals surface area contributed by atoms with Gasteiger partial charge in [-0.2, -0.15) is 9.28 Å². The monoisotopic (exact) mass is 250 g/mol. The van der Waals surface area contributed by atoms with Crippen LogP contribution in [0, 0.1) is 0 Å². The van der Waals surface area contributed by atoms with Crippen molar-refractivity contribution in [1.82, 2.24) is 0 Å². The molecule has 2 rings (SSSR count). The van der Waals surface area contributed by atoms with E-state index < -0.39 is 10.6 Å². The lowest BCUT2D eigenvalue weighted by molar-refractivity contribution is -0.811. The molecule has 5 nitrogen and oxygen atoms in total. The number of rotatable bonds is 2. The first kappa shape index (κ1) is 12.6. The van der Waals surface area contributed by atoms with Gasteiger partial charge in [-0.3, -0.25) is 0 Å². The van der Waals surface area contributed by atoms with Gasteiger partial charge in [-0.1, -0.05) is 12.1 Å². The second-order valence-electron chi connectivity index (χ2n) is 4.72. The Morgan fingerprint density at radius 1 is 1.44 bits per heavy atom. The van der Waals surface area contributed by atoms with Crippen molar-refractivity contribution in [3.8, 4) is 5.75 Å². The number of carboxylic acid groups (broad SMARTS) is 1. The summed E-state index contributed by atoms with van der Waals surface area (Å²) in [4.78, 5) is 23.5. The van der Waals surface area contributed by atoms with Gasteiger partial charge in [0.15, 0.2) is 0 Å². The Morgan fingerprint density at radius 3 is 2.61 bits per heavy atom. The topological polar surface area (TPSA) is 74.6 Å². The number of para-hydroxylation sites is 1. The second-order valence-corrected chi connectivity index (χ2v) is 4.72. The molecule has 96 valence electrons. The van der Waals surface area contributed by atoms with Gasteiger partial charge in [0.2, 0.25) is 0 Å². The third-order valence-electron chi connectivity index (χ3n) is 3.73. The fraction of sp³-hybridized carbons (Fsp3) is 0.385. The Bertz CT molecular complexity index is 500. The molecular weight excluding hydrogens is 234 g/mol. The lowest BCUT2D eigenvalue weighted by Crippen LogP contribution is -2.56. The fourth-order valence-electron chi connectivity index (χ4n) is 2.52. The molecule has 1 saturated heterocycles. The van der Waals surface area contributed by atoms with Gasteiger partial charge in [0.05, 0.1) is 6.42 Å². The molecule has 0 bridgehead atoms. The minimum atomic E-state index is -1.15. The summed E-state index contributed by atoms with van der Waals surface area (Å²) in [6, 6.07) is 6.27. The Balaban J connectivity index is 2.42. The van der Waals surface area contributed by atoms with Crippen LogP contribution in [-0.2, 0) is 11.3 Å². The summed E-state index contributed by atoms with van der Waals surface area (Å²) >= 11 is 0. The van der Waals surface area contributed by atoms with Gasteiger partial charge in [-0.05, 0) is 19.1 Å². The zero-order chi connectivity index (χ0) is 13.3. The predicted octanol–water partition coefficient (Wildman–Crippen LogP) is 2.10. The Labute approximate surface area is 105 Å². The van der Waals surface area contributed by atoms with Gasteiger partial charge in [-0.15, -0.1) is 0 Å². The molecule has 1 heterocycles. The van der Waals surface area contributed by atoms with Crippen molar-refractivity contribution in [1.29, 1.82) is 0 Å². The van der Waals surface area contributed by atoms with Crippen LogP contribution >= 0.6 is 0 Å². The highest BCUT2D eigenvalue weighted by atomic mass is 16.4. The van der Waals surface area contributed by atoms with E-state index in [2.05, 4.69) is 0 Å². The van der Waals surface area contributed by atoms with E-state index in [1.54, 1.807) is 25.1 Å². The number of likely N-dealkylation sites (tertiary alicyclic amines) is 1. The molecule has 1 fully saturated rings. The molecule has 0 aliphatic carbocycles. The van der Waals surface area contributed by atoms with Crippen molar-refractivity contribution in [2.24, 2.45) is 0 Å². The van der Waals surface area contributed by atoms with Gasteiger partial charge in [0.25, 0.3) is 0 Å². The number of quaternary nitrogens is 1. The number of hydrogen-bond acceptors (Lipinski definition) is 3. The van der Waals surface area contributed by atoms with E-state index in [-0.39, 0.29) is 30.7 Å². The molecule has 1 aliphatic rings. The van der Waals surface area contributed by atoms with Crippen LogP contribution in [0.3, 0.4) is 0 Å². The van der Waals surface area contributed by atoms with Gasteiger partial charge >= 0.3 is 12.0 Å². The van der Waals surface area contributed by atoms with Crippen molar-refractivity contribution in [3.63, 3.8) is 0 Å². The van der Waals surface area contributed by atoms with Gasteiger partial charge < -0.3 is 10.2 Å². The number of nitrogens with zero attached hydrogens (tertiary/aromatic N) is 1. The lowest BCUT2D eigenvalue weighted by atomic mass is 10.1. The van der Waals surface area contributed by atoms with Crippen molar-refractivity contribution in [3.05, 3.63) is 29.8 Å². The second kappa shape index (κ2) is 4.42. The molecule has 2 atom stereocenters. The van der Waals surface area contributed by atoms with E-state index in [1.807, 2.05) is 0 Å². The maximum absolute atomic E-state index is 12.0. The number of amides is 2. The Hall–Kier alpha value is -1.88. The zero-order valence-electron chi connectivity index (χ0n) is 10.2. The van der Waals surface area contributed by atoms with E-state index in [0.29, 0.717) is 12.0 Å². The minimum absolute atomic E-state index is 0.00199. The SMILES string of the molecule is C[C@@H]1CCC(=O)[N+]1(Cc1ccccc1O)C(=O)O. The van der Waals surface area contributed by atoms with E-state index in [4.69, 9.17) is 0 Å². The standard InChI is InChI=1S/C13H15NO4/c1-9-6-7-12(16)14(9,13(17)18)8-10-4-2-3-5-11(10)15/h2-5,9H,6-8H2,1H3,(H-,15,17,18)/p+1/t9-,14?/m1/s1. The molecule has 18 heavy (non-hydrogen) atoms. The van der Waals surface area contributed by atoms with E-state index in [0.717, 1.165) is 0 Å². The van der Waals surface area contributed by atoms with Gasteiger partial charge in [0.1, 0.15) is 18.3 Å². The molecule has 0 spiro atoms. The first-order chi connectivity index (χ1) is 8.48. The van der Waals surface area contributed by atoms with Gasteiger partial charge in [-0.25, -0.2) is 4.79 Å². The quantitative estimate of drug-likeness (QED) is 0.788. The predicted molar refractivity (Wildman–Crippen MR) is 63.8 cm³/mol. The van der Waals surface area contributed by atoms with Gasteiger partial charge in [0, 0.05) is 12.0 Å². The molecule has 1 aromatic carbocycles. The molecule has 2 amide bonds.